The predicted octanol–water partition coefficient (Wildman–Crippen LogP) is 0.714. The molecule has 1 amide bonds. The molecule has 0 spiro atoms. The first kappa shape index (κ1) is 13.8. The lowest BCUT2D eigenvalue weighted by atomic mass is 9.99. The number of nitrogens with one attached hydrogen (secondary N) is 1. The predicted molar refractivity (Wildman–Crippen MR) is 69.5 cm³/mol. The standard InChI is InChI=1S/C12H22N2O3S/c1-8-6-12(10(15)13-18(5,16)17)7-9(12)14(8)11(2,3)4/h8-9H,6-7H2,1-5H3,(H,13,15)/t8-,9-,12-/m1/s1. The number of carbonyl (C=O) groups excluding carboxylic acids is 1. The fraction of sp³-hybridized carbons (Fsp3) is 0.917. The molecule has 6 heteroatoms. The van der Waals surface area contributed by atoms with Crippen LogP contribution < -0.4 is 4.72 Å². The van der Waals surface area contributed by atoms with Crippen molar-refractivity contribution in [1.82, 2.24) is 9.62 Å². The molecule has 1 saturated carbocycles. The van der Waals surface area contributed by atoms with Gasteiger partial charge in [-0.05, 0) is 40.5 Å². The lowest BCUT2D eigenvalue weighted by Gasteiger charge is -2.37. The minimum absolute atomic E-state index is 0.00764. The van der Waals surface area contributed by atoms with Gasteiger partial charge in [0.1, 0.15) is 0 Å². The van der Waals surface area contributed by atoms with E-state index < -0.39 is 15.4 Å². The number of amides is 1. The summed E-state index contributed by atoms with van der Waals surface area (Å²) < 4.78 is 24.5. The van der Waals surface area contributed by atoms with E-state index >= 15 is 0 Å². The molecule has 0 aromatic carbocycles. The largest absolute Gasteiger partial charge is 0.292 e. The van der Waals surface area contributed by atoms with Gasteiger partial charge in [-0.3, -0.25) is 14.4 Å². The maximum Gasteiger partial charge on any atom is 0.241 e. The molecule has 0 aromatic heterocycles. The minimum atomic E-state index is -3.46. The van der Waals surface area contributed by atoms with Gasteiger partial charge in [-0.1, -0.05) is 0 Å². The molecule has 0 bridgehead atoms. The molecule has 1 aliphatic carbocycles. The van der Waals surface area contributed by atoms with Crippen molar-refractivity contribution in [3.8, 4) is 0 Å². The van der Waals surface area contributed by atoms with Crippen molar-refractivity contribution in [2.24, 2.45) is 5.41 Å². The van der Waals surface area contributed by atoms with E-state index in [1.807, 2.05) is 0 Å². The van der Waals surface area contributed by atoms with Crippen LogP contribution in [0.5, 0.6) is 0 Å². The SMILES string of the molecule is C[C@@H]1C[C@@]2(C(=O)NS(C)(=O)=O)C[C@H]2N1C(C)(C)C. The Morgan fingerprint density at radius 1 is 1.33 bits per heavy atom. The van der Waals surface area contributed by atoms with Gasteiger partial charge in [0.2, 0.25) is 15.9 Å². The Hall–Kier alpha value is -0.620. The molecular weight excluding hydrogens is 252 g/mol. The molecule has 1 saturated heterocycles. The molecule has 2 fully saturated rings. The van der Waals surface area contributed by atoms with Gasteiger partial charge in [-0.15, -0.1) is 0 Å². The maximum absolute atomic E-state index is 12.1. The molecule has 18 heavy (non-hydrogen) atoms. The number of piperidine rings is 1. The molecular formula is C12H22N2O3S. The van der Waals surface area contributed by atoms with E-state index in [9.17, 15) is 13.2 Å². The van der Waals surface area contributed by atoms with Gasteiger partial charge in [0.25, 0.3) is 0 Å². The lowest BCUT2D eigenvalue weighted by molar-refractivity contribution is -0.124. The summed E-state index contributed by atoms with van der Waals surface area (Å²) in [6.07, 6.45) is 2.55. The van der Waals surface area contributed by atoms with E-state index in [-0.39, 0.29) is 17.5 Å². The van der Waals surface area contributed by atoms with E-state index in [1.165, 1.54) is 0 Å². The van der Waals surface area contributed by atoms with Gasteiger partial charge in [-0.25, -0.2) is 8.42 Å². The summed E-state index contributed by atoms with van der Waals surface area (Å²) in [6.45, 7) is 8.50. The topological polar surface area (TPSA) is 66.5 Å². The van der Waals surface area contributed by atoms with Crippen molar-refractivity contribution < 1.29 is 13.2 Å². The number of hydrogen-bond acceptors (Lipinski definition) is 4. The van der Waals surface area contributed by atoms with Crippen molar-refractivity contribution in [3.63, 3.8) is 0 Å². The van der Waals surface area contributed by atoms with Crippen LogP contribution in [0.4, 0.5) is 0 Å². The molecule has 0 radical (unpaired) electrons. The fourth-order valence-electron chi connectivity index (χ4n) is 3.54. The highest BCUT2D eigenvalue weighted by Crippen LogP contribution is 2.61. The zero-order valence-electron chi connectivity index (χ0n) is 11.6. The van der Waals surface area contributed by atoms with Gasteiger partial charge in [0, 0.05) is 17.6 Å². The Kier molecular flexibility index (Phi) is 2.83. The Balaban J connectivity index is 2.18. The van der Waals surface area contributed by atoms with Crippen LogP contribution in [0, 0.1) is 5.41 Å². The second-order valence-corrected chi connectivity index (χ2v) is 8.46. The number of nitrogens with zero attached hydrogens (tertiary/aromatic N) is 1. The van der Waals surface area contributed by atoms with Gasteiger partial charge in [0.05, 0.1) is 11.7 Å². The summed E-state index contributed by atoms with van der Waals surface area (Å²) >= 11 is 0. The summed E-state index contributed by atoms with van der Waals surface area (Å²) in [5.74, 6) is -0.325. The number of likely N-dealkylation sites (tertiary alicyclic amines) is 1. The molecule has 1 heterocycles. The van der Waals surface area contributed by atoms with Crippen molar-refractivity contribution in [1.29, 1.82) is 0 Å². The van der Waals surface area contributed by atoms with E-state index in [0.717, 1.165) is 19.1 Å². The molecule has 2 aliphatic rings. The van der Waals surface area contributed by atoms with Gasteiger partial charge in [-0.2, -0.15) is 0 Å². The van der Waals surface area contributed by atoms with Crippen molar-refractivity contribution in [3.05, 3.63) is 0 Å². The highest BCUT2D eigenvalue weighted by atomic mass is 32.2. The van der Waals surface area contributed by atoms with Crippen LogP contribution in [0.1, 0.15) is 40.5 Å². The van der Waals surface area contributed by atoms with E-state index in [1.54, 1.807) is 0 Å². The highest BCUT2D eigenvalue weighted by molar-refractivity contribution is 7.89. The number of sulfonamides is 1. The number of rotatable bonds is 2. The number of carbonyl (C=O) groups is 1. The molecule has 0 unspecified atom stereocenters. The number of hydrogen-bond donors (Lipinski definition) is 1. The van der Waals surface area contributed by atoms with E-state index in [2.05, 4.69) is 37.3 Å². The minimum Gasteiger partial charge on any atom is -0.292 e. The van der Waals surface area contributed by atoms with Gasteiger partial charge in [0.15, 0.2) is 0 Å². The monoisotopic (exact) mass is 274 g/mol. The third-order valence-electron chi connectivity index (χ3n) is 4.01. The Labute approximate surface area is 109 Å². The molecule has 0 aromatic rings. The maximum atomic E-state index is 12.1. The average molecular weight is 274 g/mol. The van der Waals surface area contributed by atoms with Crippen LogP contribution in [-0.4, -0.2) is 43.1 Å². The summed E-state index contributed by atoms with van der Waals surface area (Å²) in [5, 5.41) is 0. The van der Waals surface area contributed by atoms with E-state index in [0.29, 0.717) is 6.04 Å². The highest BCUT2D eigenvalue weighted by Gasteiger charge is 2.69. The van der Waals surface area contributed by atoms with Crippen molar-refractivity contribution in [2.75, 3.05) is 6.26 Å². The van der Waals surface area contributed by atoms with Crippen molar-refractivity contribution >= 4 is 15.9 Å². The van der Waals surface area contributed by atoms with Crippen LogP contribution in [0.2, 0.25) is 0 Å². The first-order chi connectivity index (χ1) is 7.97. The quantitative estimate of drug-likeness (QED) is 0.805. The average Bonchev–Trinajstić information content (AvgIpc) is 2.67. The third-order valence-corrected chi connectivity index (χ3v) is 4.57. The smallest absolute Gasteiger partial charge is 0.241 e. The van der Waals surface area contributed by atoms with Crippen LogP contribution >= 0.6 is 0 Å². The Bertz CT molecular complexity index is 480. The second-order valence-electron chi connectivity index (χ2n) is 6.71. The molecule has 1 N–H and O–H groups in total. The summed E-state index contributed by atoms with van der Waals surface area (Å²) in [6, 6.07) is 0.503. The van der Waals surface area contributed by atoms with Crippen LogP contribution in [0.25, 0.3) is 0 Å². The molecule has 5 nitrogen and oxygen atoms in total. The summed E-state index contributed by atoms with van der Waals surface area (Å²) in [4.78, 5) is 14.5. The zero-order chi connectivity index (χ0) is 13.9. The molecule has 3 atom stereocenters. The van der Waals surface area contributed by atoms with E-state index in [4.69, 9.17) is 0 Å². The Morgan fingerprint density at radius 2 is 1.89 bits per heavy atom. The number of fused-ring (bicyclic) bond motifs is 1. The molecule has 104 valence electrons. The van der Waals surface area contributed by atoms with Crippen molar-refractivity contribution in [2.45, 2.75) is 58.2 Å². The fourth-order valence-corrected chi connectivity index (χ4v) is 4.08. The van der Waals surface area contributed by atoms with Crippen LogP contribution in [0.3, 0.4) is 0 Å². The molecule has 2 rings (SSSR count). The summed E-state index contributed by atoms with van der Waals surface area (Å²) in [5.41, 5.74) is -0.469. The van der Waals surface area contributed by atoms with Crippen LogP contribution in [-0.2, 0) is 14.8 Å². The van der Waals surface area contributed by atoms with Gasteiger partial charge < -0.3 is 0 Å². The summed E-state index contributed by atoms with van der Waals surface area (Å²) in [7, 11) is -3.46. The lowest BCUT2D eigenvalue weighted by Crippen LogP contribution is -2.45. The Morgan fingerprint density at radius 3 is 2.28 bits per heavy atom. The third kappa shape index (κ3) is 2.16. The normalized spacial score (nSPS) is 36.3. The first-order valence-corrected chi connectivity index (χ1v) is 8.17. The zero-order valence-corrected chi connectivity index (χ0v) is 12.5. The molecule has 1 aliphatic heterocycles. The first-order valence-electron chi connectivity index (χ1n) is 6.28. The van der Waals surface area contributed by atoms with Crippen LogP contribution in [0.15, 0.2) is 0 Å². The van der Waals surface area contributed by atoms with Gasteiger partial charge >= 0.3 is 0 Å². The second kappa shape index (κ2) is 3.70.